The number of hydrogen-bond acceptors (Lipinski definition) is 17. The van der Waals surface area contributed by atoms with Crippen LogP contribution in [0, 0.1) is 0 Å². The topological polar surface area (TPSA) is 220 Å². The summed E-state index contributed by atoms with van der Waals surface area (Å²) in [6.45, 7) is 0. The van der Waals surface area contributed by atoms with Crippen molar-refractivity contribution in [3.63, 3.8) is 0 Å². The Labute approximate surface area is 834 Å². The summed E-state index contributed by atoms with van der Waals surface area (Å²) < 4.78 is 12.6. The largest absolute Gasteiger partial charge is 0.456 e. The fraction of sp³-hybridized carbons (Fsp3) is 0. The second-order valence-corrected chi connectivity index (χ2v) is 36.1. The fourth-order valence-electron chi connectivity index (χ4n) is 19.5. The van der Waals surface area contributed by atoms with E-state index in [0.29, 0.717) is 86.6 Å². The number of benzene rings is 18. The molecule has 18 aromatic carbocycles. The van der Waals surface area contributed by atoms with E-state index in [1.807, 2.05) is 218 Å². The lowest BCUT2D eigenvalue weighted by Crippen LogP contribution is -2.03. The molecule has 0 aliphatic heterocycles. The second kappa shape index (κ2) is 36.2. The van der Waals surface area contributed by atoms with Gasteiger partial charge in [0.1, 0.15) is 56.5 Å². The fourth-order valence-corrected chi connectivity index (χ4v) is 19.5. The van der Waals surface area contributed by atoms with E-state index in [0.717, 1.165) is 186 Å². The number of rotatable bonds is 13. The summed E-state index contributed by atoms with van der Waals surface area (Å²) >= 11 is 0. The van der Waals surface area contributed by atoms with Crippen molar-refractivity contribution < 1.29 is 8.83 Å². The minimum absolute atomic E-state index is 0.462. The molecule has 0 fully saturated rings. The van der Waals surface area contributed by atoms with Gasteiger partial charge in [-0.2, -0.15) is 0 Å². The Morgan fingerprint density at radius 1 is 0.116 bits per heavy atom. The Kier molecular flexibility index (Phi) is 21.1. The van der Waals surface area contributed by atoms with Crippen molar-refractivity contribution in [1.29, 1.82) is 0 Å². The summed E-state index contributed by atoms with van der Waals surface area (Å²) in [5.41, 5.74) is 24.4. The van der Waals surface area contributed by atoms with E-state index in [9.17, 15) is 0 Å². The number of aromatic nitrogens is 15. The Bertz CT molecular complexity index is 9560. The van der Waals surface area contributed by atoms with Crippen LogP contribution in [0.1, 0.15) is 0 Å². The number of hydrogen-bond donors (Lipinski definition) is 0. The van der Waals surface area contributed by atoms with E-state index in [1.165, 1.54) is 16.7 Å². The van der Waals surface area contributed by atoms with Gasteiger partial charge < -0.3 is 8.83 Å². The summed E-state index contributed by atoms with van der Waals surface area (Å²) in [5, 5.41) is 17.2. The Balaban J connectivity index is 0.000000113. The lowest BCUT2D eigenvalue weighted by Gasteiger charge is -2.13. The molecule has 0 bridgehead atoms. The van der Waals surface area contributed by atoms with Crippen LogP contribution in [0.5, 0.6) is 0 Å². The maximum Gasteiger partial charge on any atom is 0.182 e. The highest BCUT2D eigenvalue weighted by atomic mass is 16.3. The third kappa shape index (κ3) is 16.3. The number of pyridine rings is 6. The van der Waals surface area contributed by atoms with Crippen LogP contribution in [0.4, 0.5) is 0 Å². The first-order chi connectivity index (χ1) is 72.2. The molecule has 0 atom stereocenters. The van der Waals surface area contributed by atoms with Crippen LogP contribution >= 0.6 is 0 Å². The van der Waals surface area contributed by atoms with Gasteiger partial charge >= 0.3 is 0 Å². The van der Waals surface area contributed by atoms with E-state index in [4.69, 9.17) is 83.6 Å². The first-order valence-electron chi connectivity index (χ1n) is 48.3. The van der Waals surface area contributed by atoms with Crippen LogP contribution in [0.25, 0.3) is 289 Å². The van der Waals surface area contributed by atoms with Crippen molar-refractivity contribution in [2.24, 2.45) is 0 Å². The molecule has 17 nitrogen and oxygen atoms in total. The van der Waals surface area contributed by atoms with Crippen LogP contribution in [-0.2, 0) is 0 Å². The van der Waals surface area contributed by atoms with E-state index < -0.39 is 0 Å². The van der Waals surface area contributed by atoms with Crippen LogP contribution in [0.15, 0.2) is 476 Å². The maximum absolute atomic E-state index is 6.29. The van der Waals surface area contributed by atoms with Crippen LogP contribution < -0.4 is 0 Å². The molecular weight excluding hydrogens is 1790 g/mol. The van der Waals surface area contributed by atoms with E-state index in [2.05, 4.69) is 249 Å². The highest BCUT2D eigenvalue weighted by molar-refractivity contribution is 6.10. The van der Waals surface area contributed by atoms with Gasteiger partial charge in [0, 0.05) is 86.7 Å². The zero-order valence-corrected chi connectivity index (χ0v) is 78.0. The first-order valence-corrected chi connectivity index (χ1v) is 48.3. The van der Waals surface area contributed by atoms with Crippen molar-refractivity contribution >= 4 is 142 Å². The van der Waals surface area contributed by atoms with Crippen molar-refractivity contribution in [3.05, 3.63) is 467 Å². The second-order valence-electron chi connectivity index (χ2n) is 36.1. The van der Waals surface area contributed by atoms with Crippen LogP contribution in [-0.4, -0.2) is 74.8 Å². The van der Waals surface area contributed by atoms with Crippen molar-refractivity contribution in [1.82, 2.24) is 74.8 Å². The third-order valence-electron chi connectivity index (χ3n) is 26.9. The average Bonchev–Trinajstić information content (AvgIpc) is 1.63. The summed E-state index contributed by atoms with van der Waals surface area (Å²) in [6, 6.07) is 159. The van der Waals surface area contributed by atoms with E-state index in [-0.39, 0.29) is 0 Å². The zero-order valence-electron chi connectivity index (χ0n) is 78.0. The molecule has 680 valence electrons. The predicted molar refractivity (Wildman–Crippen MR) is 589 cm³/mol. The molecule has 11 heterocycles. The minimum atomic E-state index is 0.462. The van der Waals surface area contributed by atoms with Gasteiger partial charge in [-0.15, -0.1) is 0 Å². The normalized spacial score (nSPS) is 11.6. The molecule has 0 radical (unpaired) electrons. The van der Waals surface area contributed by atoms with Gasteiger partial charge in [0.05, 0.1) is 33.1 Å². The molecule has 0 aliphatic rings. The van der Waals surface area contributed by atoms with Crippen molar-refractivity contribution in [3.8, 4) is 148 Å². The molecule has 29 aromatic rings. The van der Waals surface area contributed by atoms with E-state index >= 15 is 0 Å². The third-order valence-corrected chi connectivity index (χ3v) is 26.9. The molecule has 0 saturated carbocycles. The SMILES string of the molecule is c1ccc(-c2ccc(-c3cc(-c4ccccc4)cc(-c4ccc(-c5nc(-c6ccc7c(c6)oc6ccccc67)nc(-c6ccc7c(c6)oc6ccccc67)n5)cc4)c3)cc2)cc1.c1ccc2c(c1)ccc1ccc(-c3nc(-c4ccc5ccc6ccccc6c5n4)nc(-c4ccc5ccc6ccccc6c5n4)n3)nc12.c1ccc2nc(-c3nc(-c4ccc5ccccc5n4)nc(-c4ccc5ccccc5n4)n3)ccc2c1. The molecule has 0 N–H and O–H groups in total. The van der Waals surface area contributed by atoms with Gasteiger partial charge in [-0.1, -0.05) is 358 Å². The van der Waals surface area contributed by atoms with Gasteiger partial charge in [-0.25, -0.2) is 74.8 Å². The quantitative estimate of drug-likeness (QED) is 0.0980. The Morgan fingerprint density at radius 2 is 0.342 bits per heavy atom. The first kappa shape index (κ1) is 85.1. The lowest BCUT2D eigenvalue weighted by atomic mass is 9.92. The van der Waals surface area contributed by atoms with Crippen molar-refractivity contribution in [2.45, 2.75) is 0 Å². The molecular formula is C129H77N15O2. The number of para-hydroxylation sites is 5. The molecule has 0 amide bonds. The number of furan rings is 2. The lowest BCUT2D eigenvalue weighted by molar-refractivity contribution is 0.668. The Morgan fingerprint density at radius 3 is 0.692 bits per heavy atom. The molecule has 0 aliphatic carbocycles. The number of nitrogens with zero attached hydrogens (tertiary/aromatic N) is 15. The Hall–Kier alpha value is -20.2. The molecule has 0 unspecified atom stereocenters. The highest BCUT2D eigenvalue weighted by Crippen LogP contribution is 2.42. The van der Waals surface area contributed by atoms with Gasteiger partial charge in [0.2, 0.25) is 0 Å². The molecule has 0 saturated heterocycles. The molecule has 11 aromatic heterocycles. The zero-order chi connectivity index (χ0) is 96.5. The monoisotopic (exact) mass is 1870 g/mol. The van der Waals surface area contributed by atoms with Crippen LogP contribution in [0.3, 0.4) is 0 Å². The summed E-state index contributed by atoms with van der Waals surface area (Å²) in [6.07, 6.45) is 0. The highest BCUT2D eigenvalue weighted by Gasteiger charge is 2.24. The molecule has 29 rings (SSSR count). The maximum atomic E-state index is 6.29. The van der Waals surface area contributed by atoms with Gasteiger partial charge in [0.15, 0.2) is 52.4 Å². The summed E-state index contributed by atoms with van der Waals surface area (Å²) in [4.78, 5) is 74.6. The predicted octanol–water partition coefficient (Wildman–Crippen LogP) is 31.8. The standard InChI is InChI=1S/C57H35N3O2.C42H24N6.C30H18N6/c1-3-11-36(12-4-1)38-19-21-39(22-20-38)45-31-44(37-13-5-2-6-14-37)32-46(33-45)40-23-25-41(26-24-40)55-58-56(42-27-29-49-47-15-7-9-17-51(47)61-53(49)34-42)60-57(59-55)43-28-30-50-48-16-8-10-18-52(48)62-54(50)35-43;1-4-10-31-25(7-1)13-16-28-19-22-34(43-37(28)31)40-46-41(35-23-20-29-17-14-26-8-2-5-11-32(26)38(29)44-35)48-42(47-40)36-24-21-30-18-15-27-9-3-6-12-33(27)39(30)45-36;1-4-10-22-19(7-1)13-16-25(31-22)28-34-29(26-17-14-20-8-2-5-11-23(20)32-26)36-30(35-28)27-18-15-21-9-3-6-12-24(21)33-27/h1-35H;1-24H;1-18H. The summed E-state index contributed by atoms with van der Waals surface area (Å²) in [7, 11) is 0. The average molecular weight is 1870 g/mol. The molecule has 17 heteroatoms. The molecule has 0 spiro atoms. The summed E-state index contributed by atoms with van der Waals surface area (Å²) in [5.74, 6) is 4.50. The van der Waals surface area contributed by atoms with E-state index in [1.54, 1.807) is 0 Å². The minimum Gasteiger partial charge on any atom is -0.456 e. The van der Waals surface area contributed by atoms with Gasteiger partial charge in [-0.05, 0) is 170 Å². The smallest absolute Gasteiger partial charge is 0.182 e. The molecule has 146 heavy (non-hydrogen) atoms. The van der Waals surface area contributed by atoms with Crippen LogP contribution in [0.2, 0.25) is 0 Å². The van der Waals surface area contributed by atoms with Gasteiger partial charge in [0.25, 0.3) is 0 Å². The van der Waals surface area contributed by atoms with Gasteiger partial charge in [-0.3, -0.25) is 0 Å². The number of fused-ring (bicyclic) bond motifs is 18. The van der Waals surface area contributed by atoms with Crippen molar-refractivity contribution in [2.75, 3.05) is 0 Å².